The van der Waals surface area contributed by atoms with E-state index in [2.05, 4.69) is 43.0 Å². The lowest BCUT2D eigenvalue weighted by atomic mass is 9.68. The highest BCUT2D eigenvalue weighted by Crippen LogP contribution is 2.44. The van der Waals surface area contributed by atoms with Gasteiger partial charge in [0, 0.05) is 0 Å². The molecule has 2 heteroatoms. The third-order valence-corrected chi connectivity index (χ3v) is 9.17. The maximum atomic E-state index is 13.6. The van der Waals surface area contributed by atoms with E-state index in [1.54, 1.807) is 6.07 Å². The van der Waals surface area contributed by atoms with Gasteiger partial charge in [-0.25, -0.2) is 8.78 Å². The standard InChI is InChI=1S/C32H38F2/c1-2-22-3-5-23(6-4-22)24-7-9-25(10-8-24)26-11-13-27(14-12-26)28-15-17-29(18-16-28)30-19-20-31(33)32(34)21-30/h2,11-15,19-25,29H,1,3-10,16-18H2. The molecule has 1 unspecified atom stereocenters. The summed E-state index contributed by atoms with van der Waals surface area (Å²) in [5.41, 5.74) is 5.13. The van der Waals surface area contributed by atoms with Gasteiger partial charge in [-0.1, -0.05) is 42.5 Å². The average molecular weight is 461 g/mol. The number of benzene rings is 2. The van der Waals surface area contributed by atoms with Crippen LogP contribution < -0.4 is 0 Å². The second-order valence-corrected chi connectivity index (χ2v) is 11.0. The van der Waals surface area contributed by atoms with Gasteiger partial charge in [-0.3, -0.25) is 0 Å². The molecule has 3 aliphatic carbocycles. The van der Waals surface area contributed by atoms with Crippen LogP contribution in [0.2, 0.25) is 0 Å². The Hall–Kier alpha value is -2.22. The van der Waals surface area contributed by atoms with E-state index in [1.165, 1.54) is 80.2 Å². The number of halogens is 2. The van der Waals surface area contributed by atoms with Gasteiger partial charge in [-0.05, 0) is 135 Å². The van der Waals surface area contributed by atoms with Crippen molar-refractivity contribution in [1.82, 2.24) is 0 Å². The number of hydrogen-bond donors (Lipinski definition) is 0. The van der Waals surface area contributed by atoms with E-state index >= 15 is 0 Å². The zero-order chi connectivity index (χ0) is 23.5. The van der Waals surface area contributed by atoms with Gasteiger partial charge >= 0.3 is 0 Å². The quantitative estimate of drug-likeness (QED) is 0.390. The van der Waals surface area contributed by atoms with Crippen molar-refractivity contribution in [2.75, 3.05) is 0 Å². The molecule has 0 saturated heterocycles. The Kier molecular flexibility index (Phi) is 7.32. The largest absolute Gasteiger partial charge is 0.204 e. The molecule has 0 radical (unpaired) electrons. The van der Waals surface area contributed by atoms with Crippen LogP contribution in [0.25, 0.3) is 5.57 Å². The number of allylic oxidation sites excluding steroid dienone is 3. The lowest BCUT2D eigenvalue weighted by Gasteiger charge is -2.37. The lowest BCUT2D eigenvalue weighted by Crippen LogP contribution is -2.25. The van der Waals surface area contributed by atoms with Crippen molar-refractivity contribution in [2.24, 2.45) is 17.8 Å². The highest BCUT2D eigenvalue weighted by Gasteiger charge is 2.30. The van der Waals surface area contributed by atoms with Crippen LogP contribution in [0.4, 0.5) is 8.78 Å². The summed E-state index contributed by atoms with van der Waals surface area (Å²) in [5, 5.41) is 0. The SMILES string of the molecule is C=CC1CCC(C2CCC(c3ccc(C4=CCC(c5ccc(F)c(F)c5)CC4)cc3)CC2)CC1. The minimum atomic E-state index is -0.764. The van der Waals surface area contributed by atoms with E-state index in [0.717, 1.165) is 42.6 Å². The molecule has 2 aromatic carbocycles. The summed E-state index contributed by atoms with van der Waals surface area (Å²) in [6, 6.07) is 13.7. The molecule has 0 N–H and O–H groups in total. The maximum absolute atomic E-state index is 13.6. The fourth-order valence-corrected chi connectivity index (χ4v) is 6.91. The molecule has 180 valence electrons. The third-order valence-electron chi connectivity index (χ3n) is 9.17. The topological polar surface area (TPSA) is 0 Å². The van der Waals surface area contributed by atoms with Crippen molar-refractivity contribution in [3.63, 3.8) is 0 Å². The lowest BCUT2D eigenvalue weighted by molar-refractivity contribution is 0.171. The molecule has 0 aliphatic heterocycles. The fourth-order valence-electron chi connectivity index (χ4n) is 6.91. The van der Waals surface area contributed by atoms with E-state index < -0.39 is 11.6 Å². The van der Waals surface area contributed by atoms with Crippen molar-refractivity contribution < 1.29 is 8.78 Å². The Morgan fingerprint density at radius 3 is 1.91 bits per heavy atom. The Balaban J connectivity index is 1.14. The second kappa shape index (κ2) is 10.6. The molecule has 0 spiro atoms. The normalized spacial score (nSPS) is 29.9. The van der Waals surface area contributed by atoms with Gasteiger partial charge in [0.05, 0.1) is 0 Å². The molecule has 0 nitrogen and oxygen atoms in total. The van der Waals surface area contributed by atoms with E-state index in [-0.39, 0.29) is 5.92 Å². The molecule has 2 saturated carbocycles. The molecule has 0 bridgehead atoms. The van der Waals surface area contributed by atoms with Crippen LogP contribution in [0.1, 0.15) is 99.2 Å². The first-order valence-corrected chi connectivity index (χ1v) is 13.5. The summed E-state index contributed by atoms with van der Waals surface area (Å²) in [6.45, 7) is 4.00. The van der Waals surface area contributed by atoms with Crippen LogP contribution in [0.15, 0.2) is 61.2 Å². The predicted octanol–water partition coefficient (Wildman–Crippen LogP) is 9.58. The fraction of sp³-hybridized carbons (Fsp3) is 0.500. The van der Waals surface area contributed by atoms with Crippen LogP contribution in [0, 0.1) is 29.4 Å². The first-order valence-electron chi connectivity index (χ1n) is 13.5. The second-order valence-electron chi connectivity index (χ2n) is 11.0. The highest BCUT2D eigenvalue weighted by atomic mass is 19.2. The smallest absolute Gasteiger partial charge is 0.159 e. The molecule has 2 aromatic rings. The van der Waals surface area contributed by atoms with Crippen LogP contribution in [-0.2, 0) is 0 Å². The monoisotopic (exact) mass is 460 g/mol. The van der Waals surface area contributed by atoms with Crippen molar-refractivity contribution in [3.8, 4) is 0 Å². The summed E-state index contributed by atoms with van der Waals surface area (Å²) >= 11 is 0. The summed E-state index contributed by atoms with van der Waals surface area (Å²) in [7, 11) is 0. The van der Waals surface area contributed by atoms with Gasteiger partial charge in [-0.15, -0.1) is 6.58 Å². The van der Waals surface area contributed by atoms with Gasteiger partial charge in [0.2, 0.25) is 0 Å². The number of hydrogen-bond acceptors (Lipinski definition) is 0. The Labute approximate surface area is 204 Å². The average Bonchev–Trinajstić information content (AvgIpc) is 2.91. The molecule has 34 heavy (non-hydrogen) atoms. The highest BCUT2D eigenvalue weighted by molar-refractivity contribution is 5.67. The molecule has 2 fully saturated rings. The van der Waals surface area contributed by atoms with Crippen molar-refractivity contribution in [2.45, 2.75) is 82.5 Å². The molecule has 0 amide bonds. The van der Waals surface area contributed by atoms with Crippen LogP contribution in [-0.4, -0.2) is 0 Å². The van der Waals surface area contributed by atoms with E-state index in [1.807, 2.05) is 0 Å². The minimum Gasteiger partial charge on any atom is -0.204 e. The predicted molar refractivity (Wildman–Crippen MR) is 138 cm³/mol. The molecule has 0 aromatic heterocycles. The van der Waals surface area contributed by atoms with Gasteiger partial charge in [-0.2, -0.15) is 0 Å². The van der Waals surface area contributed by atoms with E-state index in [4.69, 9.17) is 0 Å². The molecule has 1 atom stereocenters. The van der Waals surface area contributed by atoms with Gasteiger partial charge in [0.1, 0.15) is 0 Å². The van der Waals surface area contributed by atoms with E-state index in [9.17, 15) is 8.78 Å². The van der Waals surface area contributed by atoms with E-state index in [0.29, 0.717) is 5.92 Å². The van der Waals surface area contributed by atoms with Crippen molar-refractivity contribution in [3.05, 3.63) is 89.5 Å². The summed E-state index contributed by atoms with van der Waals surface area (Å²) in [4.78, 5) is 0. The first kappa shape index (κ1) is 23.5. The summed E-state index contributed by atoms with van der Waals surface area (Å²) < 4.78 is 26.9. The molecular formula is C32H38F2. The first-order chi connectivity index (χ1) is 16.6. The number of rotatable bonds is 5. The zero-order valence-electron chi connectivity index (χ0n) is 20.3. The Morgan fingerprint density at radius 1 is 0.676 bits per heavy atom. The van der Waals surface area contributed by atoms with Crippen molar-refractivity contribution >= 4 is 5.57 Å². The minimum absolute atomic E-state index is 0.278. The summed E-state index contributed by atoms with van der Waals surface area (Å²) in [5.74, 6) is 2.15. The molecule has 3 aliphatic rings. The van der Waals surface area contributed by atoms with Crippen LogP contribution in [0.5, 0.6) is 0 Å². The summed E-state index contributed by atoms with van der Waals surface area (Å²) in [6.07, 6.45) is 18.3. The van der Waals surface area contributed by atoms with Gasteiger partial charge in [0.15, 0.2) is 11.6 Å². The Bertz CT molecular complexity index is 1000. The van der Waals surface area contributed by atoms with Crippen molar-refractivity contribution in [1.29, 1.82) is 0 Å². The van der Waals surface area contributed by atoms with Crippen LogP contribution >= 0.6 is 0 Å². The van der Waals surface area contributed by atoms with Gasteiger partial charge < -0.3 is 0 Å². The Morgan fingerprint density at radius 2 is 1.32 bits per heavy atom. The zero-order valence-corrected chi connectivity index (χ0v) is 20.3. The molecular weight excluding hydrogens is 422 g/mol. The van der Waals surface area contributed by atoms with Crippen LogP contribution in [0.3, 0.4) is 0 Å². The maximum Gasteiger partial charge on any atom is 0.159 e. The third kappa shape index (κ3) is 5.21. The van der Waals surface area contributed by atoms with Gasteiger partial charge in [0.25, 0.3) is 0 Å². The molecule has 5 rings (SSSR count). The molecule has 0 heterocycles.